The maximum absolute atomic E-state index is 13.7. The van der Waals surface area contributed by atoms with Crippen LogP contribution in [0.15, 0.2) is 66.7 Å². The second kappa shape index (κ2) is 10.6. The Balaban J connectivity index is 1.64. The summed E-state index contributed by atoms with van der Waals surface area (Å²) in [4.78, 5) is 42.9. The van der Waals surface area contributed by atoms with Gasteiger partial charge in [0.15, 0.2) is 11.5 Å². The number of ether oxygens (including phenoxy) is 2. The normalized spacial score (nSPS) is 15.2. The van der Waals surface area contributed by atoms with E-state index in [2.05, 4.69) is 0 Å². The topological polar surface area (TPSA) is 76.2 Å². The maximum Gasteiger partial charge on any atom is 0.257 e. The number of carbonyl (C=O) groups is 3. The molecule has 0 bridgehead atoms. The molecule has 1 fully saturated rings. The van der Waals surface area contributed by atoms with Crippen molar-refractivity contribution >= 4 is 23.4 Å². The quantitative estimate of drug-likeness (QED) is 0.443. The number of rotatable bonds is 8. The first-order valence-electron chi connectivity index (χ1n) is 11.8. The molecule has 1 aliphatic heterocycles. The third-order valence-corrected chi connectivity index (χ3v) is 6.41. The van der Waals surface area contributed by atoms with Crippen LogP contribution >= 0.6 is 0 Å². The highest BCUT2D eigenvalue weighted by Gasteiger charge is 2.44. The zero-order valence-electron chi connectivity index (χ0n) is 21.0. The number of aryl methyl sites for hydroxylation is 2. The van der Waals surface area contributed by atoms with Gasteiger partial charge in [-0.15, -0.1) is 0 Å². The van der Waals surface area contributed by atoms with E-state index in [9.17, 15) is 14.4 Å². The Morgan fingerprint density at radius 3 is 2.31 bits per heavy atom. The highest BCUT2D eigenvalue weighted by Crippen LogP contribution is 2.30. The molecule has 3 amide bonds. The van der Waals surface area contributed by atoms with Crippen molar-refractivity contribution in [2.24, 2.45) is 0 Å². The lowest BCUT2D eigenvalue weighted by molar-refractivity contribution is -0.122. The average Bonchev–Trinajstić information content (AvgIpc) is 3.17. The molecule has 3 aromatic rings. The van der Waals surface area contributed by atoms with Gasteiger partial charge in [-0.1, -0.05) is 41.5 Å². The zero-order valence-corrected chi connectivity index (χ0v) is 21.0. The van der Waals surface area contributed by atoms with Gasteiger partial charge in [-0.05, 0) is 62.2 Å². The standard InChI is InChI=1S/C29H30N2O5/c1-19-8-11-23(12-9-19)31-27(32)18-24(29(31)34)30(28(33)22-7-5-6-20(2)16-22)15-14-21-10-13-25(35-3)26(17-21)36-4/h5-13,16-17,24H,14-15,18H2,1-4H3. The fourth-order valence-corrected chi connectivity index (χ4v) is 4.45. The summed E-state index contributed by atoms with van der Waals surface area (Å²) >= 11 is 0. The summed E-state index contributed by atoms with van der Waals surface area (Å²) in [5.41, 5.74) is 3.88. The van der Waals surface area contributed by atoms with E-state index >= 15 is 0 Å². The van der Waals surface area contributed by atoms with E-state index in [1.54, 1.807) is 38.5 Å². The first-order valence-corrected chi connectivity index (χ1v) is 11.8. The van der Waals surface area contributed by atoms with Gasteiger partial charge in [0, 0.05) is 12.1 Å². The Morgan fingerprint density at radius 1 is 0.917 bits per heavy atom. The minimum Gasteiger partial charge on any atom is -0.493 e. The number of nitrogens with zero attached hydrogens (tertiary/aromatic N) is 2. The van der Waals surface area contributed by atoms with E-state index in [0.717, 1.165) is 16.7 Å². The molecule has 3 aromatic carbocycles. The van der Waals surface area contributed by atoms with Gasteiger partial charge in [-0.25, -0.2) is 4.90 Å². The molecular weight excluding hydrogens is 456 g/mol. The molecule has 0 N–H and O–H groups in total. The van der Waals surface area contributed by atoms with Gasteiger partial charge in [0.1, 0.15) is 6.04 Å². The zero-order chi connectivity index (χ0) is 25.8. The third kappa shape index (κ3) is 5.10. The van der Waals surface area contributed by atoms with E-state index in [1.807, 2.05) is 56.3 Å². The van der Waals surface area contributed by atoms with Gasteiger partial charge in [-0.3, -0.25) is 14.4 Å². The Kier molecular flexibility index (Phi) is 7.38. The monoisotopic (exact) mass is 486 g/mol. The van der Waals surface area contributed by atoms with Gasteiger partial charge in [0.2, 0.25) is 5.91 Å². The molecule has 186 valence electrons. The van der Waals surface area contributed by atoms with E-state index in [0.29, 0.717) is 29.2 Å². The van der Waals surface area contributed by atoms with E-state index in [1.165, 1.54) is 9.80 Å². The molecule has 0 aliphatic carbocycles. The minimum atomic E-state index is -0.882. The van der Waals surface area contributed by atoms with Crippen LogP contribution in [-0.2, 0) is 16.0 Å². The molecule has 0 spiro atoms. The molecule has 7 nitrogen and oxygen atoms in total. The van der Waals surface area contributed by atoms with E-state index in [4.69, 9.17) is 9.47 Å². The molecule has 1 aliphatic rings. The predicted octanol–water partition coefficient (Wildman–Crippen LogP) is 4.34. The SMILES string of the molecule is COc1ccc(CCN(C(=O)c2cccc(C)c2)C2CC(=O)N(c3ccc(C)cc3)C2=O)cc1OC. The van der Waals surface area contributed by atoms with Crippen molar-refractivity contribution in [3.63, 3.8) is 0 Å². The number of amides is 3. The van der Waals surface area contributed by atoms with E-state index < -0.39 is 11.9 Å². The molecule has 0 aromatic heterocycles. The van der Waals surface area contributed by atoms with Crippen molar-refractivity contribution < 1.29 is 23.9 Å². The summed E-state index contributed by atoms with van der Waals surface area (Å²) in [7, 11) is 3.14. The molecule has 36 heavy (non-hydrogen) atoms. The van der Waals surface area contributed by atoms with Gasteiger partial charge >= 0.3 is 0 Å². The summed E-state index contributed by atoms with van der Waals surface area (Å²) in [6.07, 6.45) is 0.413. The Bertz CT molecular complexity index is 1290. The molecule has 0 radical (unpaired) electrons. The highest BCUT2D eigenvalue weighted by molar-refractivity contribution is 6.23. The van der Waals surface area contributed by atoms with Crippen molar-refractivity contribution in [2.75, 3.05) is 25.7 Å². The average molecular weight is 487 g/mol. The largest absolute Gasteiger partial charge is 0.493 e. The number of hydrogen-bond acceptors (Lipinski definition) is 5. The lowest BCUT2D eigenvalue weighted by atomic mass is 10.1. The highest BCUT2D eigenvalue weighted by atomic mass is 16.5. The van der Waals surface area contributed by atoms with E-state index in [-0.39, 0.29) is 24.8 Å². The fraction of sp³-hybridized carbons (Fsp3) is 0.276. The summed E-state index contributed by atoms with van der Waals surface area (Å²) < 4.78 is 10.7. The number of hydrogen-bond donors (Lipinski definition) is 0. The second-order valence-electron chi connectivity index (χ2n) is 8.93. The summed E-state index contributed by atoms with van der Waals surface area (Å²) in [6, 6.07) is 19.2. The van der Waals surface area contributed by atoms with Crippen molar-refractivity contribution in [3.05, 3.63) is 89.0 Å². The Hall–Kier alpha value is -4.13. The molecule has 4 rings (SSSR count). The first-order chi connectivity index (χ1) is 17.3. The lowest BCUT2D eigenvalue weighted by Crippen LogP contribution is -2.46. The smallest absolute Gasteiger partial charge is 0.257 e. The lowest BCUT2D eigenvalue weighted by Gasteiger charge is -2.28. The molecule has 1 heterocycles. The van der Waals surface area contributed by atoms with Crippen molar-refractivity contribution in [1.29, 1.82) is 0 Å². The van der Waals surface area contributed by atoms with Crippen LogP contribution in [0.25, 0.3) is 0 Å². The number of methoxy groups -OCH3 is 2. The molecule has 0 saturated carbocycles. The van der Waals surface area contributed by atoms with Gasteiger partial charge in [0.25, 0.3) is 11.8 Å². The molecule has 1 unspecified atom stereocenters. The fourth-order valence-electron chi connectivity index (χ4n) is 4.45. The van der Waals surface area contributed by atoms with Crippen LogP contribution in [0, 0.1) is 13.8 Å². The van der Waals surface area contributed by atoms with Gasteiger partial charge in [-0.2, -0.15) is 0 Å². The van der Waals surface area contributed by atoms with Crippen molar-refractivity contribution in [1.82, 2.24) is 4.90 Å². The number of anilines is 1. The third-order valence-electron chi connectivity index (χ3n) is 6.41. The van der Waals surface area contributed by atoms with Gasteiger partial charge in [0.05, 0.1) is 26.3 Å². The summed E-state index contributed by atoms with van der Waals surface area (Å²) in [6.45, 7) is 4.11. The van der Waals surface area contributed by atoms with Crippen LogP contribution < -0.4 is 14.4 Å². The first kappa shape index (κ1) is 25.0. The van der Waals surface area contributed by atoms with Crippen LogP contribution in [0.3, 0.4) is 0 Å². The van der Waals surface area contributed by atoms with Crippen LogP contribution in [0.1, 0.15) is 33.5 Å². The minimum absolute atomic E-state index is 0.0593. The Morgan fingerprint density at radius 2 is 1.64 bits per heavy atom. The number of imide groups is 1. The predicted molar refractivity (Wildman–Crippen MR) is 138 cm³/mol. The molecule has 1 atom stereocenters. The summed E-state index contributed by atoms with van der Waals surface area (Å²) in [5, 5.41) is 0. The molecular formula is C29H30N2O5. The summed E-state index contributed by atoms with van der Waals surface area (Å²) in [5.74, 6) is 0.207. The van der Waals surface area contributed by atoms with Crippen LogP contribution in [0.5, 0.6) is 11.5 Å². The number of benzene rings is 3. The Labute approximate surface area is 211 Å². The molecule has 1 saturated heterocycles. The molecule has 7 heteroatoms. The van der Waals surface area contributed by atoms with Crippen LogP contribution in [0.4, 0.5) is 5.69 Å². The number of carbonyl (C=O) groups excluding carboxylic acids is 3. The van der Waals surface area contributed by atoms with Gasteiger partial charge < -0.3 is 14.4 Å². The van der Waals surface area contributed by atoms with Crippen molar-refractivity contribution in [3.8, 4) is 11.5 Å². The van der Waals surface area contributed by atoms with Crippen LogP contribution in [-0.4, -0.2) is 49.4 Å². The van der Waals surface area contributed by atoms with Crippen molar-refractivity contribution in [2.45, 2.75) is 32.7 Å². The second-order valence-corrected chi connectivity index (χ2v) is 8.93. The van der Waals surface area contributed by atoms with Crippen LogP contribution in [0.2, 0.25) is 0 Å². The maximum atomic E-state index is 13.7.